The van der Waals surface area contributed by atoms with Crippen molar-refractivity contribution in [1.82, 2.24) is 0 Å². The van der Waals surface area contributed by atoms with Gasteiger partial charge in [0.15, 0.2) is 0 Å². The summed E-state index contributed by atoms with van der Waals surface area (Å²) >= 11 is 0. The summed E-state index contributed by atoms with van der Waals surface area (Å²) in [5.74, 6) is 2.20. The van der Waals surface area contributed by atoms with Gasteiger partial charge in [0, 0.05) is 0 Å². The first kappa shape index (κ1) is 12.2. The highest BCUT2D eigenvalue weighted by molar-refractivity contribution is 5.69. The molecule has 0 spiro atoms. The predicted octanol–water partition coefficient (Wildman–Crippen LogP) is 4.09. The van der Waals surface area contributed by atoms with Gasteiger partial charge >= 0.3 is 5.97 Å². The lowest BCUT2D eigenvalue weighted by molar-refractivity contribution is -0.148. The topological polar surface area (TPSA) is 37.3 Å². The van der Waals surface area contributed by atoms with E-state index in [1.807, 2.05) is 0 Å². The number of aliphatic carboxylic acids is 1. The molecule has 106 valence electrons. The first-order chi connectivity index (χ1) is 8.86. The number of carboxylic acids is 1. The van der Waals surface area contributed by atoms with Gasteiger partial charge in [0.25, 0.3) is 0 Å². The van der Waals surface area contributed by atoms with Gasteiger partial charge in [-0.25, -0.2) is 0 Å². The molecule has 4 bridgehead atoms. The van der Waals surface area contributed by atoms with Gasteiger partial charge in [0.05, 0.1) is 6.42 Å². The smallest absolute Gasteiger partial charge is 0.303 e. The molecular weight excluding hydrogens is 236 g/mol. The summed E-state index contributed by atoms with van der Waals surface area (Å²) in [5, 5.41) is 9.42. The quantitative estimate of drug-likeness (QED) is 0.831. The van der Waals surface area contributed by atoms with Crippen molar-refractivity contribution in [2.75, 3.05) is 0 Å². The lowest BCUT2D eigenvalue weighted by atomic mass is 9.44. The maximum atomic E-state index is 11.4. The van der Waals surface area contributed by atoms with Crippen LogP contribution in [0.3, 0.4) is 0 Å². The third-order valence-corrected chi connectivity index (χ3v) is 7.42. The van der Waals surface area contributed by atoms with Gasteiger partial charge in [-0.2, -0.15) is 0 Å². The van der Waals surface area contributed by atoms with E-state index in [9.17, 15) is 9.90 Å². The van der Waals surface area contributed by atoms with Crippen molar-refractivity contribution in [3.05, 3.63) is 0 Å². The second-order valence-electron chi connectivity index (χ2n) is 8.91. The molecule has 5 saturated carbocycles. The Labute approximate surface area is 116 Å². The Bertz CT molecular complexity index is 401. The predicted molar refractivity (Wildman–Crippen MR) is 73.7 cm³/mol. The van der Waals surface area contributed by atoms with Gasteiger partial charge in [-0.05, 0) is 78.9 Å². The van der Waals surface area contributed by atoms with E-state index in [4.69, 9.17) is 0 Å². The zero-order valence-electron chi connectivity index (χ0n) is 12.2. The lowest BCUT2D eigenvalue weighted by Gasteiger charge is -2.61. The lowest BCUT2D eigenvalue weighted by Crippen LogP contribution is -2.52. The van der Waals surface area contributed by atoms with Crippen molar-refractivity contribution in [3.63, 3.8) is 0 Å². The van der Waals surface area contributed by atoms with Gasteiger partial charge in [0.2, 0.25) is 0 Å². The van der Waals surface area contributed by atoms with Crippen LogP contribution in [0.4, 0.5) is 0 Å². The molecule has 0 aliphatic heterocycles. The van der Waals surface area contributed by atoms with Crippen LogP contribution in [0.2, 0.25) is 0 Å². The highest BCUT2D eigenvalue weighted by Crippen LogP contribution is 2.81. The molecule has 0 amide bonds. The number of hydrogen-bond acceptors (Lipinski definition) is 1. The van der Waals surface area contributed by atoms with Crippen molar-refractivity contribution < 1.29 is 9.90 Å². The Morgan fingerprint density at radius 1 is 1.05 bits per heavy atom. The van der Waals surface area contributed by atoms with Crippen LogP contribution in [0.5, 0.6) is 0 Å². The fraction of sp³-hybridized carbons (Fsp3) is 0.941. The number of hydrogen-bond donors (Lipinski definition) is 1. The molecule has 19 heavy (non-hydrogen) atoms. The normalized spacial score (nSPS) is 53.3. The van der Waals surface area contributed by atoms with Crippen LogP contribution in [-0.2, 0) is 4.79 Å². The van der Waals surface area contributed by atoms with Crippen LogP contribution >= 0.6 is 0 Å². The van der Waals surface area contributed by atoms with Gasteiger partial charge < -0.3 is 5.11 Å². The summed E-state index contributed by atoms with van der Waals surface area (Å²) in [7, 11) is 0. The van der Waals surface area contributed by atoms with Crippen molar-refractivity contribution >= 4 is 5.97 Å². The summed E-state index contributed by atoms with van der Waals surface area (Å²) in [5.41, 5.74) is 0.780. The van der Waals surface area contributed by atoms with Gasteiger partial charge in [-0.15, -0.1) is 0 Å². The Morgan fingerprint density at radius 2 is 1.47 bits per heavy atom. The molecule has 0 radical (unpaired) electrons. The van der Waals surface area contributed by atoms with Crippen LogP contribution in [0.15, 0.2) is 0 Å². The van der Waals surface area contributed by atoms with E-state index < -0.39 is 5.97 Å². The maximum absolute atomic E-state index is 11.4. The molecule has 5 fully saturated rings. The molecule has 0 aromatic heterocycles. The Hall–Kier alpha value is -0.530. The zero-order valence-corrected chi connectivity index (χ0v) is 12.2. The first-order valence-electron chi connectivity index (χ1n) is 8.08. The van der Waals surface area contributed by atoms with Crippen molar-refractivity contribution in [1.29, 1.82) is 0 Å². The van der Waals surface area contributed by atoms with E-state index in [1.54, 1.807) is 0 Å². The van der Waals surface area contributed by atoms with Crippen molar-refractivity contribution in [2.45, 2.75) is 65.2 Å². The van der Waals surface area contributed by atoms with Gasteiger partial charge in [-0.3, -0.25) is 4.79 Å². The van der Waals surface area contributed by atoms with E-state index in [2.05, 4.69) is 13.8 Å². The molecule has 2 heteroatoms. The van der Waals surface area contributed by atoms with Crippen LogP contribution in [0, 0.1) is 34.0 Å². The third-order valence-electron chi connectivity index (χ3n) is 7.42. The highest BCUT2D eigenvalue weighted by atomic mass is 16.4. The minimum atomic E-state index is -0.568. The minimum absolute atomic E-state index is 0.127. The molecule has 5 aliphatic carbocycles. The van der Waals surface area contributed by atoms with Crippen LogP contribution in [-0.4, -0.2) is 11.1 Å². The average Bonchev–Trinajstić information content (AvgIpc) is 2.78. The number of carboxylic acid groups (broad SMARTS) is 1. The average molecular weight is 262 g/mol. The fourth-order valence-corrected chi connectivity index (χ4v) is 7.06. The second-order valence-corrected chi connectivity index (χ2v) is 8.91. The Kier molecular flexibility index (Phi) is 2.17. The summed E-state index contributed by atoms with van der Waals surface area (Å²) < 4.78 is 0. The third kappa shape index (κ3) is 1.46. The molecule has 1 unspecified atom stereocenters. The fourth-order valence-electron chi connectivity index (χ4n) is 7.06. The van der Waals surface area contributed by atoms with E-state index >= 15 is 0 Å². The summed E-state index contributed by atoms with van der Waals surface area (Å²) in [6.45, 7) is 4.63. The van der Waals surface area contributed by atoms with E-state index in [0.29, 0.717) is 11.8 Å². The summed E-state index contributed by atoms with van der Waals surface area (Å²) in [6, 6.07) is 0. The molecule has 0 aromatic carbocycles. The monoisotopic (exact) mass is 262 g/mol. The molecule has 0 saturated heterocycles. The van der Waals surface area contributed by atoms with E-state index in [0.717, 1.165) is 24.2 Å². The molecule has 0 heterocycles. The van der Waals surface area contributed by atoms with Gasteiger partial charge in [-0.1, -0.05) is 13.8 Å². The van der Waals surface area contributed by atoms with E-state index in [-0.39, 0.29) is 10.8 Å². The Balaban J connectivity index is 1.72. The van der Waals surface area contributed by atoms with Crippen LogP contribution in [0.25, 0.3) is 0 Å². The molecule has 5 rings (SSSR count). The molecular formula is C17H26O2. The number of rotatable bonds is 3. The molecule has 1 N–H and O–H groups in total. The SMILES string of the molecule is CC1(C)CC1(CC(=O)O)C12CC3CC(CC(C3)C1)C2. The molecule has 5 aliphatic rings. The van der Waals surface area contributed by atoms with Crippen molar-refractivity contribution in [3.8, 4) is 0 Å². The first-order valence-corrected chi connectivity index (χ1v) is 8.08. The Morgan fingerprint density at radius 3 is 1.79 bits per heavy atom. The standard InChI is InChI=1S/C17H26O2/c1-15(2)10-17(15,9-14(18)19)16-6-11-3-12(7-16)5-13(4-11)8-16/h11-13H,3-10H2,1-2H3,(H,18,19). The molecule has 0 aromatic rings. The summed E-state index contributed by atoms with van der Waals surface area (Å²) in [6.07, 6.45) is 9.94. The maximum Gasteiger partial charge on any atom is 0.303 e. The molecule has 2 nitrogen and oxygen atoms in total. The van der Waals surface area contributed by atoms with Crippen molar-refractivity contribution in [2.24, 2.45) is 34.0 Å². The van der Waals surface area contributed by atoms with Gasteiger partial charge in [0.1, 0.15) is 0 Å². The number of carbonyl (C=O) groups is 1. The van der Waals surface area contributed by atoms with Crippen LogP contribution in [0.1, 0.15) is 65.2 Å². The van der Waals surface area contributed by atoms with E-state index in [1.165, 1.54) is 38.5 Å². The van der Waals surface area contributed by atoms with Crippen LogP contribution < -0.4 is 0 Å². The summed E-state index contributed by atoms with van der Waals surface area (Å²) in [4.78, 5) is 11.4. The second kappa shape index (κ2) is 3.38. The zero-order chi connectivity index (χ0) is 13.5. The minimum Gasteiger partial charge on any atom is -0.481 e. The molecule has 1 atom stereocenters. The largest absolute Gasteiger partial charge is 0.481 e. The highest BCUT2D eigenvalue weighted by Gasteiger charge is 2.73.